The Bertz CT molecular complexity index is 1220. The SMILES string of the molecule is CC1C=C(C(=O)OCOC(=O)C(C)(C)C)N2C(=O)C(NC(=O)C(=NOC3C=CCC3)c3nsc(N)n3)[C@H]2S1. The van der Waals surface area contributed by atoms with Gasteiger partial charge in [-0.25, -0.2) is 4.79 Å². The summed E-state index contributed by atoms with van der Waals surface area (Å²) in [5, 5.41) is 6.03. The number of aromatic nitrogens is 2. The summed E-state index contributed by atoms with van der Waals surface area (Å²) in [6.45, 7) is 6.27. The average Bonchev–Trinajstić information content (AvgIpc) is 3.53. The molecule has 0 spiro atoms. The predicted octanol–water partition coefficient (Wildman–Crippen LogP) is 1.32. The molecule has 0 aromatic carbocycles. The van der Waals surface area contributed by atoms with E-state index < -0.39 is 47.4 Å². The Kier molecular flexibility index (Phi) is 8.06. The largest absolute Gasteiger partial charge is 0.427 e. The second-order valence-electron chi connectivity index (χ2n) is 9.72. The lowest BCUT2D eigenvalue weighted by molar-refractivity contribution is -0.173. The number of rotatable bonds is 8. The summed E-state index contributed by atoms with van der Waals surface area (Å²) in [7, 11) is 0. The summed E-state index contributed by atoms with van der Waals surface area (Å²) < 4.78 is 14.1. The number of hydrogen-bond acceptors (Lipinski definition) is 13. The first kappa shape index (κ1) is 27.6. The number of nitrogen functional groups attached to an aromatic ring is 1. The Balaban J connectivity index is 1.42. The third-order valence-corrected chi connectivity index (χ3v) is 7.52. The van der Waals surface area contributed by atoms with E-state index in [-0.39, 0.29) is 33.7 Å². The smallest absolute Gasteiger partial charge is 0.357 e. The summed E-state index contributed by atoms with van der Waals surface area (Å²) in [4.78, 5) is 61.6. The van der Waals surface area contributed by atoms with Crippen LogP contribution in [0, 0.1) is 5.41 Å². The molecule has 0 radical (unpaired) electrons. The van der Waals surface area contributed by atoms with Crippen LogP contribution in [0.4, 0.5) is 5.13 Å². The van der Waals surface area contributed by atoms with Gasteiger partial charge in [0.2, 0.25) is 18.3 Å². The average molecular weight is 565 g/mol. The van der Waals surface area contributed by atoms with Crippen molar-refractivity contribution >= 4 is 57.9 Å². The number of thioether (sulfide) groups is 1. The van der Waals surface area contributed by atoms with Gasteiger partial charge in [0.25, 0.3) is 11.8 Å². The zero-order valence-electron chi connectivity index (χ0n) is 21.2. The van der Waals surface area contributed by atoms with E-state index in [1.807, 2.05) is 19.1 Å². The minimum atomic E-state index is -0.947. The number of oxime groups is 1. The number of nitrogens with two attached hydrogens (primary N) is 1. The van der Waals surface area contributed by atoms with Gasteiger partial charge in [-0.1, -0.05) is 11.2 Å². The summed E-state index contributed by atoms with van der Waals surface area (Å²) in [6, 6.07) is -0.947. The lowest BCUT2D eigenvalue weighted by Crippen LogP contribution is -2.71. The fourth-order valence-corrected chi connectivity index (χ4v) is 5.45. The molecule has 4 rings (SSSR count). The van der Waals surface area contributed by atoms with Gasteiger partial charge in [0, 0.05) is 16.8 Å². The van der Waals surface area contributed by atoms with Gasteiger partial charge in [-0.3, -0.25) is 19.3 Å². The molecule has 3 heterocycles. The van der Waals surface area contributed by atoms with Crippen LogP contribution in [0.1, 0.15) is 46.4 Å². The fourth-order valence-electron chi connectivity index (χ4n) is 3.69. The molecule has 3 unspecified atom stereocenters. The molecule has 3 N–H and O–H groups in total. The highest BCUT2D eigenvalue weighted by Gasteiger charge is 2.54. The summed E-state index contributed by atoms with van der Waals surface area (Å²) in [6.07, 6.45) is 6.65. The number of amides is 2. The van der Waals surface area contributed by atoms with E-state index in [0.717, 1.165) is 24.4 Å². The van der Waals surface area contributed by atoms with Gasteiger partial charge in [0.05, 0.1) is 5.41 Å². The maximum Gasteiger partial charge on any atom is 0.357 e. The number of hydrogen-bond donors (Lipinski definition) is 2. The van der Waals surface area contributed by atoms with Crippen LogP contribution in [0.15, 0.2) is 29.1 Å². The quantitative estimate of drug-likeness (QED) is 0.116. The van der Waals surface area contributed by atoms with Crippen LogP contribution in [-0.4, -0.2) is 73.3 Å². The molecule has 13 nitrogen and oxygen atoms in total. The molecule has 4 atom stereocenters. The topological polar surface area (TPSA) is 175 Å². The number of ether oxygens (including phenoxy) is 2. The number of nitrogens with one attached hydrogen (secondary N) is 1. The summed E-state index contributed by atoms with van der Waals surface area (Å²) >= 11 is 2.28. The van der Waals surface area contributed by atoms with E-state index in [9.17, 15) is 19.2 Å². The normalized spacial score (nSPS) is 24.7. The Morgan fingerprint density at radius 3 is 2.68 bits per heavy atom. The Labute approximate surface area is 227 Å². The van der Waals surface area contributed by atoms with Gasteiger partial charge in [0.1, 0.15) is 23.2 Å². The molecule has 38 heavy (non-hydrogen) atoms. The molecule has 0 bridgehead atoms. The van der Waals surface area contributed by atoms with Crippen LogP contribution in [0.5, 0.6) is 0 Å². The van der Waals surface area contributed by atoms with E-state index in [0.29, 0.717) is 0 Å². The molecule has 0 saturated carbocycles. The predicted molar refractivity (Wildman–Crippen MR) is 138 cm³/mol. The molecule has 1 aromatic rings. The highest BCUT2D eigenvalue weighted by Crippen LogP contribution is 2.41. The number of β-lactam (4-membered cyclic amide) rings is 1. The zero-order chi connectivity index (χ0) is 27.6. The number of anilines is 1. The van der Waals surface area contributed by atoms with Crippen LogP contribution in [0.25, 0.3) is 0 Å². The van der Waals surface area contributed by atoms with E-state index >= 15 is 0 Å². The maximum atomic E-state index is 13.2. The summed E-state index contributed by atoms with van der Waals surface area (Å²) in [5.41, 5.74) is 4.72. The lowest BCUT2D eigenvalue weighted by atomic mass is 9.98. The van der Waals surface area contributed by atoms with Crippen LogP contribution in [0.3, 0.4) is 0 Å². The third kappa shape index (κ3) is 5.99. The molecule has 1 fully saturated rings. The van der Waals surface area contributed by atoms with Gasteiger partial charge in [-0.05, 0) is 52.7 Å². The Morgan fingerprint density at radius 1 is 1.29 bits per heavy atom. The molecule has 204 valence electrons. The molecule has 15 heteroatoms. The van der Waals surface area contributed by atoms with Crippen molar-refractivity contribution in [3.63, 3.8) is 0 Å². The second kappa shape index (κ2) is 11.1. The number of nitrogens with zero attached hydrogens (tertiary/aromatic N) is 4. The number of allylic oxidation sites excluding steroid dienone is 1. The van der Waals surface area contributed by atoms with Crippen molar-refractivity contribution in [2.75, 3.05) is 12.5 Å². The highest BCUT2D eigenvalue weighted by molar-refractivity contribution is 8.00. The molecule has 2 aliphatic heterocycles. The number of fused-ring (bicyclic) bond motifs is 1. The van der Waals surface area contributed by atoms with Crippen molar-refractivity contribution < 1.29 is 33.5 Å². The van der Waals surface area contributed by atoms with Crippen LogP contribution in [0.2, 0.25) is 0 Å². The molecule has 2 amide bonds. The van der Waals surface area contributed by atoms with Crippen molar-refractivity contribution in [3.05, 3.63) is 29.7 Å². The van der Waals surface area contributed by atoms with Gasteiger partial charge in [-0.15, -0.1) is 11.8 Å². The van der Waals surface area contributed by atoms with Crippen molar-refractivity contribution in [2.45, 2.75) is 63.3 Å². The summed E-state index contributed by atoms with van der Waals surface area (Å²) in [5.74, 6) is -2.60. The van der Waals surface area contributed by atoms with E-state index in [1.165, 1.54) is 16.7 Å². The number of carbonyl (C=O) groups excluding carboxylic acids is 4. The second-order valence-corrected chi connectivity index (χ2v) is 12.0. The van der Waals surface area contributed by atoms with Crippen molar-refractivity contribution in [3.8, 4) is 0 Å². The van der Waals surface area contributed by atoms with Crippen LogP contribution >= 0.6 is 23.3 Å². The van der Waals surface area contributed by atoms with Gasteiger partial charge in [0.15, 0.2) is 5.13 Å². The van der Waals surface area contributed by atoms with E-state index in [4.69, 9.17) is 20.0 Å². The van der Waals surface area contributed by atoms with Gasteiger partial charge in [-0.2, -0.15) is 9.36 Å². The van der Waals surface area contributed by atoms with Crippen LogP contribution in [-0.2, 0) is 33.5 Å². The molecule has 1 saturated heterocycles. The van der Waals surface area contributed by atoms with Gasteiger partial charge < -0.3 is 25.4 Å². The van der Waals surface area contributed by atoms with Crippen molar-refractivity contribution in [2.24, 2.45) is 10.6 Å². The maximum absolute atomic E-state index is 13.2. The Morgan fingerprint density at radius 2 is 2.05 bits per heavy atom. The molecule has 1 aliphatic carbocycles. The first-order chi connectivity index (χ1) is 18.0. The minimum Gasteiger partial charge on any atom is -0.427 e. The number of esters is 2. The third-order valence-electron chi connectivity index (χ3n) is 5.65. The lowest BCUT2D eigenvalue weighted by Gasteiger charge is -2.49. The fraction of sp³-hybridized carbons (Fsp3) is 0.522. The van der Waals surface area contributed by atoms with Crippen molar-refractivity contribution in [1.29, 1.82) is 0 Å². The van der Waals surface area contributed by atoms with Gasteiger partial charge >= 0.3 is 11.9 Å². The standard InChI is InChI=1S/C23H28N6O7S2/c1-11-9-13(20(32)34-10-35-21(33)23(2,3)4)29-18(31)15(19(29)37-11)25-17(30)14(16-26-22(24)38-28-16)27-36-12-7-5-6-8-12/h5,7,9,11-12,15,19H,6,8,10H2,1-4H3,(H,25,30)(H2,24,26,28)/t11?,12?,15?,19-/m1/s1. The molecular formula is C23H28N6O7S2. The van der Waals surface area contributed by atoms with E-state index in [2.05, 4.69) is 19.8 Å². The zero-order valence-corrected chi connectivity index (χ0v) is 22.8. The molecular weight excluding hydrogens is 536 g/mol. The minimum absolute atomic E-state index is 0.0164. The monoisotopic (exact) mass is 564 g/mol. The first-order valence-corrected chi connectivity index (χ1v) is 13.5. The van der Waals surface area contributed by atoms with Crippen LogP contribution < -0.4 is 11.1 Å². The van der Waals surface area contributed by atoms with Crippen molar-refractivity contribution in [1.82, 2.24) is 19.6 Å². The first-order valence-electron chi connectivity index (χ1n) is 11.8. The molecule has 3 aliphatic rings. The highest BCUT2D eigenvalue weighted by atomic mass is 32.2. The number of carbonyl (C=O) groups is 4. The molecule has 1 aromatic heterocycles. The Hall–Kier alpha value is -3.46. The van der Waals surface area contributed by atoms with E-state index in [1.54, 1.807) is 26.8 Å².